The van der Waals surface area contributed by atoms with Crippen molar-refractivity contribution in [3.05, 3.63) is 106 Å². The number of carboxylic acids is 1. The normalized spacial score (nSPS) is 11.8. The molecule has 1 N–H and O–H groups in total. The fourth-order valence-corrected chi connectivity index (χ4v) is 5.04. The quantitative estimate of drug-likeness (QED) is 0.184. The Morgan fingerprint density at radius 1 is 0.850 bits per heavy atom. The molecule has 0 heterocycles. The molecule has 3 rings (SSSR count). The number of benzene rings is 3. The van der Waals surface area contributed by atoms with E-state index in [1.165, 1.54) is 11.6 Å². The summed E-state index contributed by atoms with van der Waals surface area (Å²) in [5.74, 6) is 0.324. The van der Waals surface area contributed by atoms with Gasteiger partial charge in [0.05, 0.1) is 11.1 Å². The fourth-order valence-electron chi connectivity index (χ4n) is 5.04. The van der Waals surface area contributed by atoms with Gasteiger partial charge in [-0.1, -0.05) is 102 Å². The number of hydrogen-bond donors (Lipinski definition) is 1. The first-order chi connectivity index (χ1) is 19.3. The lowest BCUT2D eigenvalue weighted by Crippen LogP contribution is -2.12. The highest BCUT2D eigenvalue weighted by Gasteiger charge is 2.21. The van der Waals surface area contributed by atoms with E-state index in [9.17, 15) is 14.7 Å². The maximum Gasteiger partial charge on any atom is 0.336 e. The van der Waals surface area contributed by atoms with Crippen LogP contribution in [0.4, 0.5) is 0 Å². The lowest BCUT2D eigenvalue weighted by molar-refractivity contribution is 0.0692. The Balaban J connectivity index is 1.93. The summed E-state index contributed by atoms with van der Waals surface area (Å²) in [5, 5.41) is 9.67. The van der Waals surface area contributed by atoms with Gasteiger partial charge >= 0.3 is 5.97 Å². The summed E-state index contributed by atoms with van der Waals surface area (Å²) in [6.45, 7) is 13.2. The van der Waals surface area contributed by atoms with Crippen molar-refractivity contribution >= 4 is 17.8 Å². The van der Waals surface area contributed by atoms with Gasteiger partial charge in [-0.2, -0.15) is 0 Å². The molecule has 212 valence electrons. The number of carbonyl (C=O) groups excluding carboxylic acids is 1. The Hall–Kier alpha value is -3.66. The molecule has 1 atom stereocenters. The van der Waals surface area contributed by atoms with Gasteiger partial charge in [-0.3, -0.25) is 4.79 Å². The van der Waals surface area contributed by atoms with Gasteiger partial charge in [0.2, 0.25) is 0 Å². The summed E-state index contributed by atoms with van der Waals surface area (Å²) in [5.41, 5.74) is 5.05. The minimum absolute atomic E-state index is 0.0118. The topological polar surface area (TPSA) is 63.6 Å². The van der Waals surface area contributed by atoms with Gasteiger partial charge in [0.15, 0.2) is 5.78 Å². The van der Waals surface area contributed by atoms with E-state index in [1.54, 1.807) is 24.3 Å². The van der Waals surface area contributed by atoms with Crippen LogP contribution in [-0.4, -0.2) is 16.9 Å². The second kappa shape index (κ2) is 15.2. The monoisotopic (exact) mass is 540 g/mol. The van der Waals surface area contributed by atoms with E-state index in [2.05, 4.69) is 46.4 Å². The van der Waals surface area contributed by atoms with Crippen LogP contribution in [0.1, 0.15) is 108 Å². The van der Waals surface area contributed by atoms with Crippen molar-refractivity contribution in [1.29, 1.82) is 0 Å². The molecule has 0 bridgehead atoms. The summed E-state index contributed by atoms with van der Waals surface area (Å²) in [7, 11) is 0. The first kappa shape index (κ1) is 30.9. The van der Waals surface area contributed by atoms with Crippen LogP contribution >= 0.6 is 0 Å². The lowest BCUT2D eigenvalue weighted by Gasteiger charge is -2.16. The molecule has 0 spiro atoms. The van der Waals surface area contributed by atoms with Gasteiger partial charge in [-0.15, -0.1) is 0 Å². The average molecular weight is 541 g/mol. The molecule has 0 aromatic heterocycles. The zero-order valence-electron chi connectivity index (χ0n) is 24.5. The van der Waals surface area contributed by atoms with Crippen LogP contribution in [0.5, 0.6) is 5.75 Å². The van der Waals surface area contributed by atoms with Crippen molar-refractivity contribution in [2.24, 2.45) is 11.8 Å². The molecule has 0 aliphatic carbocycles. The van der Waals surface area contributed by atoms with Gasteiger partial charge in [0, 0.05) is 5.56 Å². The minimum Gasteiger partial charge on any atom is -0.488 e. The summed E-state index contributed by atoms with van der Waals surface area (Å²) in [6.07, 6.45) is 9.40. The first-order valence-corrected chi connectivity index (χ1v) is 14.7. The Kier molecular flexibility index (Phi) is 11.7. The van der Waals surface area contributed by atoms with Crippen LogP contribution in [0.3, 0.4) is 0 Å². The molecule has 3 aromatic carbocycles. The van der Waals surface area contributed by atoms with Gasteiger partial charge in [0.1, 0.15) is 12.4 Å². The molecule has 4 nitrogen and oxygen atoms in total. The lowest BCUT2D eigenvalue weighted by atomic mass is 9.93. The number of aryl methyl sites for hydroxylation is 2. The van der Waals surface area contributed by atoms with Crippen LogP contribution in [-0.2, 0) is 19.4 Å². The van der Waals surface area contributed by atoms with E-state index in [0.717, 1.165) is 61.6 Å². The van der Waals surface area contributed by atoms with Crippen molar-refractivity contribution in [2.75, 3.05) is 0 Å². The molecule has 0 saturated carbocycles. The standard InChI is InChI=1S/C36H44O4/c1-6-25(5)14-19-30-22-28(17-20-29(30)9-4)24-40-34-23-27(16-15-26(7-2)8-3)18-21-33(34)35(37)31-12-10-11-13-32(31)36(38)39/h9-13,17-18,20-23,25-26H,4,6-8,14-16,19,24H2,1-3,5H3,(H,38,39). The largest absolute Gasteiger partial charge is 0.488 e. The van der Waals surface area contributed by atoms with Crippen molar-refractivity contribution in [2.45, 2.75) is 79.2 Å². The van der Waals surface area contributed by atoms with E-state index in [1.807, 2.05) is 24.3 Å². The number of aromatic carboxylic acids is 1. The maximum absolute atomic E-state index is 13.6. The Bertz CT molecular complexity index is 1300. The third-order valence-corrected chi connectivity index (χ3v) is 8.11. The molecule has 40 heavy (non-hydrogen) atoms. The third-order valence-electron chi connectivity index (χ3n) is 8.11. The Labute approximate surface area is 240 Å². The van der Waals surface area contributed by atoms with Crippen molar-refractivity contribution in [1.82, 2.24) is 0 Å². The molecular weight excluding hydrogens is 496 g/mol. The number of ether oxygens (including phenoxy) is 1. The number of ketones is 1. The zero-order chi connectivity index (χ0) is 29.1. The SMILES string of the molecule is C=Cc1ccc(COc2cc(CCC(CC)CC)ccc2C(=O)c2ccccc2C(=O)O)cc1CCC(C)CC. The van der Waals surface area contributed by atoms with Crippen molar-refractivity contribution in [3.63, 3.8) is 0 Å². The molecule has 3 aromatic rings. The second-order valence-corrected chi connectivity index (χ2v) is 10.8. The zero-order valence-corrected chi connectivity index (χ0v) is 24.5. The van der Waals surface area contributed by atoms with Crippen LogP contribution in [0.15, 0.2) is 67.2 Å². The van der Waals surface area contributed by atoms with Gasteiger partial charge < -0.3 is 9.84 Å². The van der Waals surface area contributed by atoms with E-state index >= 15 is 0 Å². The van der Waals surface area contributed by atoms with Gasteiger partial charge in [-0.05, 0) is 78.0 Å². The molecule has 0 radical (unpaired) electrons. The number of carbonyl (C=O) groups is 2. The van der Waals surface area contributed by atoms with Crippen LogP contribution in [0.25, 0.3) is 6.08 Å². The fraction of sp³-hybridized carbons (Fsp3) is 0.389. The van der Waals surface area contributed by atoms with E-state index in [-0.39, 0.29) is 16.9 Å². The highest BCUT2D eigenvalue weighted by Crippen LogP contribution is 2.28. The minimum atomic E-state index is -1.12. The molecule has 0 amide bonds. The van der Waals surface area contributed by atoms with Crippen molar-refractivity contribution in [3.8, 4) is 5.75 Å². The summed E-state index contributed by atoms with van der Waals surface area (Å²) in [6, 6.07) is 18.4. The molecule has 0 saturated heterocycles. The van der Waals surface area contributed by atoms with E-state index in [0.29, 0.717) is 29.8 Å². The number of carboxylic acid groups (broad SMARTS) is 1. The third kappa shape index (κ3) is 8.17. The molecule has 1 unspecified atom stereocenters. The highest BCUT2D eigenvalue weighted by atomic mass is 16.5. The van der Waals surface area contributed by atoms with Crippen LogP contribution < -0.4 is 4.74 Å². The molecule has 0 fully saturated rings. The van der Waals surface area contributed by atoms with E-state index < -0.39 is 5.97 Å². The first-order valence-electron chi connectivity index (χ1n) is 14.7. The molecule has 0 aliphatic rings. The number of hydrogen-bond acceptors (Lipinski definition) is 3. The summed E-state index contributed by atoms with van der Waals surface area (Å²) in [4.78, 5) is 25.5. The van der Waals surface area contributed by atoms with Crippen LogP contribution in [0.2, 0.25) is 0 Å². The number of rotatable bonds is 16. The molecular formula is C36H44O4. The molecule has 4 heteroatoms. The van der Waals surface area contributed by atoms with Gasteiger partial charge in [-0.25, -0.2) is 4.79 Å². The maximum atomic E-state index is 13.6. The Morgan fingerprint density at radius 2 is 1.55 bits per heavy atom. The summed E-state index contributed by atoms with van der Waals surface area (Å²) < 4.78 is 6.35. The van der Waals surface area contributed by atoms with Gasteiger partial charge in [0.25, 0.3) is 0 Å². The Morgan fingerprint density at radius 3 is 2.20 bits per heavy atom. The van der Waals surface area contributed by atoms with E-state index in [4.69, 9.17) is 4.74 Å². The highest BCUT2D eigenvalue weighted by molar-refractivity contribution is 6.15. The average Bonchev–Trinajstić information content (AvgIpc) is 2.98. The predicted molar refractivity (Wildman–Crippen MR) is 164 cm³/mol. The molecule has 0 aliphatic heterocycles. The van der Waals surface area contributed by atoms with Crippen LogP contribution in [0, 0.1) is 11.8 Å². The van der Waals surface area contributed by atoms with Crippen molar-refractivity contribution < 1.29 is 19.4 Å². The summed E-state index contributed by atoms with van der Waals surface area (Å²) >= 11 is 0. The second-order valence-electron chi connectivity index (χ2n) is 10.8. The smallest absolute Gasteiger partial charge is 0.336 e. The predicted octanol–water partition coefficient (Wildman–Crippen LogP) is 9.19.